The minimum Gasteiger partial charge on any atom is -0.440 e. The molecule has 4 N–H and O–H groups in total. The van der Waals surface area contributed by atoms with Crippen molar-refractivity contribution in [1.29, 1.82) is 0 Å². The van der Waals surface area contributed by atoms with Crippen molar-refractivity contribution < 1.29 is 33.1 Å². The summed E-state index contributed by atoms with van der Waals surface area (Å²) in [6.45, 7) is 0. The van der Waals surface area contributed by atoms with Crippen LogP contribution in [0.5, 0.6) is 0 Å². The summed E-state index contributed by atoms with van der Waals surface area (Å²) >= 11 is 11.8. The van der Waals surface area contributed by atoms with Crippen LogP contribution in [0.1, 0.15) is 5.89 Å². The van der Waals surface area contributed by atoms with E-state index in [0.717, 1.165) is 0 Å². The molecular formula is C17H15Cl2NO7P2. The van der Waals surface area contributed by atoms with E-state index in [0.29, 0.717) is 26.9 Å². The number of rotatable bonds is 6. The molecule has 2 aromatic carbocycles. The fourth-order valence-electron chi connectivity index (χ4n) is 2.64. The predicted octanol–water partition coefficient (Wildman–Crippen LogP) is 4.54. The molecule has 0 aliphatic carbocycles. The summed E-state index contributed by atoms with van der Waals surface area (Å²) in [4.78, 5) is 41.7. The molecule has 0 fully saturated rings. The minimum absolute atomic E-state index is 0.225. The number of oxazole rings is 1. The third kappa shape index (κ3) is 5.37. The van der Waals surface area contributed by atoms with Crippen LogP contribution in [0.3, 0.4) is 0 Å². The van der Waals surface area contributed by atoms with E-state index in [1.807, 2.05) is 0 Å². The summed E-state index contributed by atoms with van der Waals surface area (Å²) in [7, 11) is -10.2. The zero-order chi connectivity index (χ0) is 21.4. The number of hydrogen-bond donors (Lipinski definition) is 4. The van der Waals surface area contributed by atoms with Gasteiger partial charge in [-0.3, -0.25) is 9.13 Å². The highest BCUT2D eigenvalue weighted by Crippen LogP contribution is 2.61. The number of hydrogen-bond acceptors (Lipinski definition) is 4. The largest absolute Gasteiger partial charge is 0.440 e. The van der Waals surface area contributed by atoms with Crippen molar-refractivity contribution in [2.75, 3.05) is 0 Å². The number of nitrogens with zero attached hydrogens (tertiary/aromatic N) is 1. The van der Waals surface area contributed by atoms with Crippen molar-refractivity contribution in [3.8, 4) is 22.6 Å². The summed E-state index contributed by atoms with van der Waals surface area (Å²) in [6, 6.07) is 13.2. The summed E-state index contributed by atoms with van der Waals surface area (Å²) in [5.41, 5.74) is 1.49. The van der Waals surface area contributed by atoms with Gasteiger partial charge in [0, 0.05) is 21.2 Å². The van der Waals surface area contributed by atoms with E-state index in [4.69, 9.17) is 27.6 Å². The Morgan fingerprint density at radius 3 is 1.72 bits per heavy atom. The first-order valence-electron chi connectivity index (χ1n) is 8.07. The van der Waals surface area contributed by atoms with Crippen LogP contribution in [0.15, 0.2) is 52.9 Å². The summed E-state index contributed by atoms with van der Waals surface area (Å²) < 4.78 is 28.9. The van der Waals surface area contributed by atoms with Gasteiger partial charge in [0.2, 0.25) is 0 Å². The highest BCUT2D eigenvalue weighted by Gasteiger charge is 2.44. The van der Waals surface area contributed by atoms with Gasteiger partial charge < -0.3 is 24.0 Å². The molecular weight excluding hydrogens is 463 g/mol. The lowest BCUT2D eigenvalue weighted by molar-refractivity contribution is 0.333. The van der Waals surface area contributed by atoms with Crippen molar-refractivity contribution in [2.24, 2.45) is 0 Å². The lowest BCUT2D eigenvalue weighted by atomic mass is 10.1. The van der Waals surface area contributed by atoms with E-state index in [2.05, 4.69) is 4.98 Å². The first-order valence-corrected chi connectivity index (χ1v) is 12.2. The Bertz CT molecular complexity index is 1020. The molecule has 0 spiro atoms. The van der Waals surface area contributed by atoms with Crippen LogP contribution in [0.4, 0.5) is 0 Å². The molecule has 1 heterocycles. The van der Waals surface area contributed by atoms with Crippen LogP contribution in [-0.2, 0) is 15.6 Å². The second-order valence-corrected chi connectivity index (χ2v) is 11.0. The molecule has 29 heavy (non-hydrogen) atoms. The molecule has 3 rings (SSSR count). The molecule has 12 heteroatoms. The van der Waals surface area contributed by atoms with Crippen molar-refractivity contribution in [2.45, 2.75) is 11.8 Å². The Balaban J connectivity index is 2.11. The Kier molecular flexibility index (Phi) is 6.39. The Morgan fingerprint density at radius 1 is 0.828 bits per heavy atom. The van der Waals surface area contributed by atoms with Crippen molar-refractivity contribution in [1.82, 2.24) is 4.98 Å². The van der Waals surface area contributed by atoms with Gasteiger partial charge in [-0.1, -0.05) is 35.3 Å². The molecule has 1 aromatic heterocycles. The topological polar surface area (TPSA) is 141 Å². The fraction of sp³-hybridized carbons (Fsp3) is 0.118. The van der Waals surface area contributed by atoms with Gasteiger partial charge in [0.15, 0.2) is 17.1 Å². The Hall–Kier alpha value is -1.47. The highest BCUT2D eigenvalue weighted by atomic mass is 35.5. The summed E-state index contributed by atoms with van der Waals surface area (Å²) in [6.07, 6.45) is -0.747. The molecule has 3 aromatic rings. The second kappa shape index (κ2) is 8.34. The van der Waals surface area contributed by atoms with Crippen LogP contribution in [0.2, 0.25) is 10.0 Å². The van der Waals surface area contributed by atoms with E-state index in [9.17, 15) is 28.7 Å². The lowest BCUT2D eigenvalue weighted by Gasteiger charge is -2.17. The predicted molar refractivity (Wildman–Crippen MR) is 109 cm³/mol. The quantitative estimate of drug-likeness (QED) is 0.379. The fourth-order valence-corrected chi connectivity index (χ4v) is 5.25. The molecule has 0 saturated carbocycles. The van der Waals surface area contributed by atoms with Gasteiger partial charge in [0.1, 0.15) is 5.69 Å². The van der Waals surface area contributed by atoms with E-state index in [1.54, 1.807) is 48.5 Å². The third-order valence-electron chi connectivity index (χ3n) is 4.03. The lowest BCUT2D eigenvalue weighted by Crippen LogP contribution is -2.13. The van der Waals surface area contributed by atoms with E-state index < -0.39 is 27.0 Å². The monoisotopic (exact) mass is 477 g/mol. The SMILES string of the molecule is O=P(O)(O)C(Cc1nc(-c2ccc(Cl)cc2)c(-c2ccc(Cl)cc2)o1)P(=O)(O)O. The zero-order valence-electron chi connectivity index (χ0n) is 14.5. The average molecular weight is 478 g/mol. The van der Waals surface area contributed by atoms with E-state index >= 15 is 0 Å². The van der Waals surface area contributed by atoms with Crippen LogP contribution in [0.25, 0.3) is 22.6 Å². The molecule has 8 nitrogen and oxygen atoms in total. The van der Waals surface area contributed by atoms with Crippen LogP contribution < -0.4 is 0 Å². The van der Waals surface area contributed by atoms with E-state index in [-0.39, 0.29) is 11.7 Å². The average Bonchev–Trinajstić information content (AvgIpc) is 3.03. The summed E-state index contributed by atoms with van der Waals surface area (Å²) in [5, 5.41) is -1.28. The van der Waals surface area contributed by atoms with Crippen molar-refractivity contribution >= 4 is 38.4 Å². The molecule has 0 saturated heterocycles. The van der Waals surface area contributed by atoms with Crippen molar-refractivity contribution in [3.05, 3.63) is 64.5 Å². The van der Waals surface area contributed by atoms with Gasteiger partial charge in [-0.25, -0.2) is 4.98 Å². The van der Waals surface area contributed by atoms with Gasteiger partial charge in [-0.15, -0.1) is 0 Å². The molecule has 0 amide bonds. The van der Waals surface area contributed by atoms with Crippen LogP contribution in [-0.4, -0.2) is 30.0 Å². The van der Waals surface area contributed by atoms with Gasteiger partial charge in [0.05, 0.1) is 6.42 Å². The van der Waals surface area contributed by atoms with Crippen LogP contribution in [0, 0.1) is 0 Å². The molecule has 0 bridgehead atoms. The molecule has 154 valence electrons. The van der Waals surface area contributed by atoms with Gasteiger partial charge in [0.25, 0.3) is 0 Å². The number of aromatic nitrogens is 1. The normalized spacial score (nSPS) is 12.5. The molecule has 0 aliphatic heterocycles. The third-order valence-corrected chi connectivity index (χ3v) is 8.26. The Labute approximate surface area is 175 Å². The number of halogens is 2. The zero-order valence-corrected chi connectivity index (χ0v) is 17.8. The summed E-state index contributed by atoms with van der Waals surface area (Å²) in [5.74, 6) is 0.0331. The maximum absolute atomic E-state index is 11.6. The van der Waals surface area contributed by atoms with Gasteiger partial charge in [-0.05, 0) is 36.4 Å². The van der Waals surface area contributed by atoms with E-state index in [1.165, 1.54) is 0 Å². The maximum Gasteiger partial charge on any atom is 0.341 e. The van der Waals surface area contributed by atoms with Gasteiger partial charge >= 0.3 is 15.2 Å². The maximum atomic E-state index is 11.6. The van der Waals surface area contributed by atoms with Gasteiger partial charge in [-0.2, -0.15) is 0 Å². The molecule has 0 radical (unpaired) electrons. The van der Waals surface area contributed by atoms with Crippen molar-refractivity contribution in [3.63, 3.8) is 0 Å². The van der Waals surface area contributed by atoms with Crippen LogP contribution >= 0.6 is 38.4 Å². The standard InChI is InChI=1S/C17H15Cl2NO7P2/c18-12-5-1-10(2-6-12)16-17(11-3-7-13(19)8-4-11)27-14(20-16)9-15(28(21,22)23)29(24,25)26/h1-8,15H,9H2,(H2,21,22,23)(H2,24,25,26). The first-order chi connectivity index (χ1) is 13.4. The first kappa shape index (κ1) is 22.2. The molecule has 0 unspecified atom stereocenters. The highest BCUT2D eigenvalue weighted by molar-refractivity contribution is 7.70. The Morgan fingerprint density at radius 2 is 1.28 bits per heavy atom. The molecule has 0 aliphatic rings. The minimum atomic E-state index is -5.12. The number of benzene rings is 2. The molecule has 0 atom stereocenters. The smallest absolute Gasteiger partial charge is 0.341 e. The second-order valence-electron chi connectivity index (χ2n) is 6.16.